The lowest BCUT2D eigenvalue weighted by Gasteiger charge is -2.35. The van der Waals surface area contributed by atoms with Crippen LogP contribution in [0.25, 0.3) is 0 Å². The summed E-state index contributed by atoms with van der Waals surface area (Å²) in [6.45, 7) is 0.101. The second kappa shape index (κ2) is 7.18. The molecule has 6 heteroatoms. The topological polar surface area (TPSA) is 46.3 Å². The van der Waals surface area contributed by atoms with Gasteiger partial charge in [0, 0.05) is 25.2 Å². The van der Waals surface area contributed by atoms with Gasteiger partial charge in [0.2, 0.25) is 5.91 Å². The molecule has 0 radical (unpaired) electrons. The van der Waals surface area contributed by atoms with Gasteiger partial charge in [-0.1, -0.05) is 25.3 Å². The number of amides is 1. The number of hydrogen-bond acceptors (Lipinski definition) is 2. The van der Waals surface area contributed by atoms with E-state index < -0.39 is 17.2 Å². The highest BCUT2D eigenvalue weighted by atomic mass is 35.5. The van der Waals surface area contributed by atoms with Crippen LogP contribution in [-0.2, 0) is 11.3 Å². The number of rotatable bonds is 3. The van der Waals surface area contributed by atoms with E-state index in [0.29, 0.717) is 18.4 Å². The van der Waals surface area contributed by atoms with Crippen LogP contribution in [0.3, 0.4) is 0 Å². The molecule has 0 unspecified atom stereocenters. The Kier molecular flexibility index (Phi) is 6.10. The molecule has 2 rings (SSSR count). The molecule has 118 valence electrons. The van der Waals surface area contributed by atoms with Crippen LogP contribution in [-0.4, -0.2) is 23.4 Å². The number of nitrogens with zero attached hydrogens (tertiary/aromatic N) is 1. The summed E-state index contributed by atoms with van der Waals surface area (Å²) < 4.78 is 26.5. The lowest BCUT2D eigenvalue weighted by molar-refractivity contribution is -0.137. The molecule has 1 fully saturated rings. The third-order valence-electron chi connectivity index (χ3n) is 3.94. The van der Waals surface area contributed by atoms with E-state index in [0.717, 1.165) is 25.3 Å². The second-order valence-electron chi connectivity index (χ2n) is 5.61. The molecular formula is C15H21ClF2N2O. The molecule has 0 atom stereocenters. The van der Waals surface area contributed by atoms with E-state index in [1.165, 1.54) is 17.0 Å². The van der Waals surface area contributed by atoms with Crippen LogP contribution < -0.4 is 5.73 Å². The maximum absolute atomic E-state index is 13.6. The summed E-state index contributed by atoms with van der Waals surface area (Å²) in [5, 5.41) is 0. The molecule has 1 aliphatic carbocycles. The third-order valence-corrected chi connectivity index (χ3v) is 3.94. The Morgan fingerprint density at radius 3 is 2.48 bits per heavy atom. The van der Waals surface area contributed by atoms with Crippen LogP contribution >= 0.6 is 12.4 Å². The summed E-state index contributed by atoms with van der Waals surface area (Å²) in [7, 11) is 1.61. The van der Waals surface area contributed by atoms with Crippen molar-refractivity contribution in [2.75, 3.05) is 7.05 Å². The van der Waals surface area contributed by atoms with Crippen LogP contribution in [0.4, 0.5) is 8.78 Å². The lowest BCUT2D eigenvalue weighted by Crippen LogP contribution is -2.55. The number of carbonyl (C=O) groups excluding carboxylic acids is 1. The molecule has 0 bridgehead atoms. The van der Waals surface area contributed by atoms with E-state index in [4.69, 9.17) is 5.73 Å². The first kappa shape index (κ1) is 17.9. The van der Waals surface area contributed by atoms with Gasteiger partial charge in [0.05, 0.1) is 5.54 Å². The van der Waals surface area contributed by atoms with Gasteiger partial charge in [0.15, 0.2) is 0 Å². The van der Waals surface area contributed by atoms with Gasteiger partial charge >= 0.3 is 0 Å². The molecular weight excluding hydrogens is 298 g/mol. The first-order chi connectivity index (χ1) is 9.42. The molecule has 1 amide bonds. The van der Waals surface area contributed by atoms with E-state index in [1.807, 2.05) is 0 Å². The van der Waals surface area contributed by atoms with Crippen LogP contribution in [0.1, 0.15) is 37.7 Å². The number of halogens is 3. The van der Waals surface area contributed by atoms with Crippen LogP contribution in [0.5, 0.6) is 0 Å². The fourth-order valence-corrected chi connectivity index (χ4v) is 2.75. The van der Waals surface area contributed by atoms with Crippen LogP contribution in [0.2, 0.25) is 0 Å². The number of carbonyl (C=O) groups is 1. The summed E-state index contributed by atoms with van der Waals surface area (Å²) in [5.41, 5.74) is 5.64. The molecule has 2 N–H and O–H groups in total. The zero-order valence-electron chi connectivity index (χ0n) is 12.1. The molecule has 1 aromatic carbocycles. The molecule has 1 aromatic rings. The quantitative estimate of drug-likeness (QED) is 0.931. The molecule has 0 heterocycles. The van der Waals surface area contributed by atoms with Crippen molar-refractivity contribution in [3.63, 3.8) is 0 Å². The van der Waals surface area contributed by atoms with Gasteiger partial charge in [-0.25, -0.2) is 8.78 Å². The fraction of sp³-hybridized carbons (Fsp3) is 0.533. The predicted octanol–water partition coefficient (Wildman–Crippen LogP) is 3.01. The molecule has 1 aliphatic rings. The average molecular weight is 319 g/mol. The molecule has 1 saturated carbocycles. The maximum atomic E-state index is 13.6. The SMILES string of the molecule is CN(Cc1ccc(F)cc1F)C(=O)C1(N)CCCCC1.Cl. The van der Waals surface area contributed by atoms with Gasteiger partial charge in [-0.3, -0.25) is 4.79 Å². The van der Waals surface area contributed by atoms with Crippen molar-refractivity contribution in [2.45, 2.75) is 44.2 Å². The molecule has 0 saturated heterocycles. The van der Waals surface area contributed by atoms with E-state index in [2.05, 4.69) is 0 Å². The highest BCUT2D eigenvalue weighted by Crippen LogP contribution is 2.28. The summed E-state index contributed by atoms with van der Waals surface area (Å²) >= 11 is 0. The predicted molar refractivity (Wildman–Crippen MR) is 80.1 cm³/mol. The number of benzene rings is 1. The Morgan fingerprint density at radius 1 is 1.29 bits per heavy atom. The van der Waals surface area contributed by atoms with Crippen LogP contribution in [0, 0.1) is 11.6 Å². The van der Waals surface area contributed by atoms with Crippen molar-refractivity contribution in [3.05, 3.63) is 35.4 Å². The molecule has 3 nitrogen and oxygen atoms in total. The number of hydrogen-bond donors (Lipinski definition) is 1. The Morgan fingerprint density at radius 2 is 1.90 bits per heavy atom. The van der Waals surface area contributed by atoms with Gasteiger partial charge in [-0.15, -0.1) is 12.4 Å². The van der Waals surface area contributed by atoms with E-state index in [9.17, 15) is 13.6 Å². The van der Waals surface area contributed by atoms with E-state index in [1.54, 1.807) is 7.05 Å². The lowest BCUT2D eigenvalue weighted by atomic mass is 9.81. The zero-order valence-corrected chi connectivity index (χ0v) is 12.9. The Balaban J connectivity index is 0.00000220. The smallest absolute Gasteiger partial charge is 0.242 e. The minimum atomic E-state index is -0.830. The molecule has 0 aliphatic heterocycles. The minimum absolute atomic E-state index is 0. The monoisotopic (exact) mass is 318 g/mol. The Labute approximate surface area is 129 Å². The second-order valence-corrected chi connectivity index (χ2v) is 5.61. The van der Waals surface area contributed by atoms with Gasteiger partial charge < -0.3 is 10.6 Å². The van der Waals surface area contributed by atoms with Gasteiger partial charge in [0.25, 0.3) is 0 Å². The molecule has 0 aromatic heterocycles. The van der Waals surface area contributed by atoms with E-state index in [-0.39, 0.29) is 24.9 Å². The highest BCUT2D eigenvalue weighted by Gasteiger charge is 2.37. The first-order valence-electron chi connectivity index (χ1n) is 6.91. The Bertz CT molecular complexity index is 504. The fourth-order valence-electron chi connectivity index (χ4n) is 2.75. The summed E-state index contributed by atoms with van der Waals surface area (Å²) in [5.74, 6) is -1.43. The van der Waals surface area contributed by atoms with Crippen molar-refractivity contribution >= 4 is 18.3 Å². The van der Waals surface area contributed by atoms with Crippen molar-refractivity contribution in [3.8, 4) is 0 Å². The minimum Gasteiger partial charge on any atom is -0.340 e. The normalized spacial score (nSPS) is 17.0. The van der Waals surface area contributed by atoms with Gasteiger partial charge in [0.1, 0.15) is 11.6 Å². The van der Waals surface area contributed by atoms with Gasteiger partial charge in [-0.05, 0) is 18.9 Å². The summed E-state index contributed by atoms with van der Waals surface area (Å²) in [4.78, 5) is 13.8. The zero-order chi connectivity index (χ0) is 14.8. The first-order valence-corrected chi connectivity index (χ1v) is 6.91. The van der Waals surface area contributed by atoms with Crippen molar-refractivity contribution in [2.24, 2.45) is 5.73 Å². The summed E-state index contributed by atoms with van der Waals surface area (Å²) in [6.07, 6.45) is 4.33. The molecule has 21 heavy (non-hydrogen) atoms. The third kappa shape index (κ3) is 4.14. The molecule has 0 spiro atoms. The average Bonchev–Trinajstić information content (AvgIpc) is 2.42. The maximum Gasteiger partial charge on any atom is 0.242 e. The largest absolute Gasteiger partial charge is 0.340 e. The van der Waals surface area contributed by atoms with Crippen molar-refractivity contribution < 1.29 is 13.6 Å². The number of nitrogens with two attached hydrogens (primary N) is 1. The Hall–Kier alpha value is -1.20. The van der Waals surface area contributed by atoms with Gasteiger partial charge in [-0.2, -0.15) is 0 Å². The summed E-state index contributed by atoms with van der Waals surface area (Å²) in [6, 6.07) is 3.38. The highest BCUT2D eigenvalue weighted by molar-refractivity contribution is 5.86. The van der Waals surface area contributed by atoms with Crippen molar-refractivity contribution in [1.82, 2.24) is 4.90 Å². The van der Waals surface area contributed by atoms with Crippen LogP contribution in [0.15, 0.2) is 18.2 Å². The number of likely N-dealkylation sites (N-methyl/N-ethyl adjacent to an activating group) is 1. The van der Waals surface area contributed by atoms with E-state index >= 15 is 0 Å². The standard InChI is InChI=1S/C15H20F2N2O.ClH/c1-19(10-11-5-6-12(16)9-13(11)17)14(20)15(18)7-3-2-4-8-15;/h5-6,9H,2-4,7-8,10,18H2,1H3;1H. The van der Waals surface area contributed by atoms with Crippen molar-refractivity contribution in [1.29, 1.82) is 0 Å².